The molecule has 13 heavy (non-hydrogen) atoms. The predicted molar refractivity (Wildman–Crippen MR) is 52.9 cm³/mol. The van der Waals surface area contributed by atoms with Gasteiger partial charge in [-0.2, -0.15) is 0 Å². The molecule has 3 heteroatoms. The molecule has 0 radical (unpaired) electrons. The van der Waals surface area contributed by atoms with Gasteiger partial charge >= 0.3 is 0 Å². The van der Waals surface area contributed by atoms with E-state index in [1.54, 1.807) is 0 Å². The zero-order valence-corrected chi connectivity index (χ0v) is 8.46. The lowest BCUT2D eigenvalue weighted by Crippen LogP contribution is -2.46. The van der Waals surface area contributed by atoms with Crippen molar-refractivity contribution < 1.29 is 4.74 Å². The molecular weight excluding hydrogens is 164 g/mol. The van der Waals surface area contributed by atoms with Crippen LogP contribution in [0.2, 0.25) is 0 Å². The summed E-state index contributed by atoms with van der Waals surface area (Å²) in [6.45, 7) is 4.43. The van der Waals surface area contributed by atoms with Crippen LogP contribution in [0.1, 0.15) is 19.3 Å². The fraction of sp³-hybridized carbons (Fsp3) is 1.00. The quantitative estimate of drug-likeness (QED) is 0.675. The normalized spacial score (nSPS) is 32.5. The Morgan fingerprint density at radius 3 is 2.54 bits per heavy atom. The summed E-state index contributed by atoms with van der Waals surface area (Å²) in [7, 11) is 2.07. The standard InChI is InChI=1S/C10H20N2O/c1-11-9-2-5-12(6-3-9)10-4-7-13-8-10/h9-11H,2-8H2,1H3. The predicted octanol–water partition coefficient (Wildman–Crippen LogP) is 0.459. The lowest BCUT2D eigenvalue weighted by molar-refractivity contribution is 0.118. The molecular formula is C10H20N2O. The number of hydrogen-bond acceptors (Lipinski definition) is 3. The van der Waals surface area contributed by atoms with E-state index in [2.05, 4.69) is 17.3 Å². The third-order valence-corrected chi connectivity index (χ3v) is 3.36. The van der Waals surface area contributed by atoms with Crippen molar-refractivity contribution in [3.05, 3.63) is 0 Å². The Labute approximate surface area is 80.4 Å². The minimum Gasteiger partial charge on any atom is -0.380 e. The first-order valence-corrected chi connectivity index (χ1v) is 5.39. The van der Waals surface area contributed by atoms with Gasteiger partial charge in [0.1, 0.15) is 0 Å². The van der Waals surface area contributed by atoms with E-state index in [-0.39, 0.29) is 0 Å². The maximum atomic E-state index is 5.41. The summed E-state index contributed by atoms with van der Waals surface area (Å²) in [5.41, 5.74) is 0. The molecule has 3 nitrogen and oxygen atoms in total. The lowest BCUT2D eigenvalue weighted by Gasteiger charge is -2.35. The van der Waals surface area contributed by atoms with Gasteiger partial charge in [-0.15, -0.1) is 0 Å². The average Bonchev–Trinajstić information content (AvgIpc) is 2.71. The smallest absolute Gasteiger partial charge is 0.0622 e. The molecule has 2 rings (SSSR count). The van der Waals surface area contributed by atoms with Crippen molar-refractivity contribution in [1.82, 2.24) is 10.2 Å². The topological polar surface area (TPSA) is 24.5 Å². The van der Waals surface area contributed by atoms with Gasteiger partial charge in [0, 0.05) is 31.8 Å². The average molecular weight is 184 g/mol. The Balaban J connectivity index is 1.77. The SMILES string of the molecule is CNC1CCN(C2CCOC2)CC1. The van der Waals surface area contributed by atoms with E-state index in [9.17, 15) is 0 Å². The Hall–Kier alpha value is -0.120. The van der Waals surface area contributed by atoms with Crippen LogP contribution in [0.25, 0.3) is 0 Å². The van der Waals surface area contributed by atoms with E-state index in [4.69, 9.17) is 4.74 Å². The molecule has 2 heterocycles. The summed E-state index contributed by atoms with van der Waals surface area (Å²) in [6, 6.07) is 1.47. The summed E-state index contributed by atoms with van der Waals surface area (Å²) in [5.74, 6) is 0. The van der Waals surface area contributed by atoms with Crippen molar-refractivity contribution in [1.29, 1.82) is 0 Å². The number of nitrogens with one attached hydrogen (secondary N) is 1. The maximum absolute atomic E-state index is 5.41. The number of ether oxygens (including phenoxy) is 1. The number of nitrogens with zero attached hydrogens (tertiary/aromatic N) is 1. The second-order valence-corrected chi connectivity index (χ2v) is 4.12. The highest BCUT2D eigenvalue weighted by molar-refractivity contribution is 4.82. The third kappa shape index (κ3) is 2.22. The fourth-order valence-electron chi connectivity index (χ4n) is 2.36. The molecule has 0 amide bonds. The molecule has 1 unspecified atom stereocenters. The van der Waals surface area contributed by atoms with Crippen LogP contribution in [-0.4, -0.2) is 50.3 Å². The molecule has 1 atom stereocenters. The van der Waals surface area contributed by atoms with Gasteiger partial charge in [0.15, 0.2) is 0 Å². The molecule has 0 aliphatic carbocycles. The van der Waals surface area contributed by atoms with Crippen LogP contribution >= 0.6 is 0 Å². The van der Waals surface area contributed by atoms with Gasteiger partial charge < -0.3 is 10.1 Å². The van der Waals surface area contributed by atoms with Gasteiger partial charge in [-0.05, 0) is 26.3 Å². The van der Waals surface area contributed by atoms with Crippen LogP contribution in [0.15, 0.2) is 0 Å². The Morgan fingerprint density at radius 1 is 1.23 bits per heavy atom. The van der Waals surface area contributed by atoms with Crippen molar-refractivity contribution in [2.24, 2.45) is 0 Å². The van der Waals surface area contributed by atoms with Crippen molar-refractivity contribution >= 4 is 0 Å². The highest BCUT2D eigenvalue weighted by atomic mass is 16.5. The molecule has 0 aromatic rings. The van der Waals surface area contributed by atoms with Crippen LogP contribution in [0, 0.1) is 0 Å². The van der Waals surface area contributed by atoms with Gasteiger partial charge in [0.2, 0.25) is 0 Å². The zero-order valence-electron chi connectivity index (χ0n) is 8.46. The molecule has 76 valence electrons. The summed E-state index contributed by atoms with van der Waals surface area (Å²) < 4.78 is 5.41. The highest BCUT2D eigenvalue weighted by Crippen LogP contribution is 2.18. The van der Waals surface area contributed by atoms with Gasteiger partial charge in [-0.3, -0.25) is 4.90 Å². The van der Waals surface area contributed by atoms with Gasteiger partial charge in [-0.25, -0.2) is 0 Å². The summed E-state index contributed by atoms with van der Waals surface area (Å²) in [5, 5.41) is 3.36. The van der Waals surface area contributed by atoms with E-state index >= 15 is 0 Å². The zero-order chi connectivity index (χ0) is 9.10. The molecule has 2 fully saturated rings. The summed E-state index contributed by atoms with van der Waals surface area (Å²) in [6.07, 6.45) is 3.84. The Kier molecular flexibility index (Phi) is 3.19. The largest absolute Gasteiger partial charge is 0.380 e. The van der Waals surface area contributed by atoms with Crippen LogP contribution in [0.4, 0.5) is 0 Å². The number of hydrogen-bond donors (Lipinski definition) is 1. The minimum atomic E-state index is 0.720. The molecule has 0 saturated carbocycles. The molecule has 2 aliphatic rings. The van der Waals surface area contributed by atoms with Crippen molar-refractivity contribution in [2.45, 2.75) is 31.3 Å². The molecule has 0 aromatic carbocycles. The Morgan fingerprint density at radius 2 is 2.00 bits per heavy atom. The fourth-order valence-corrected chi connectivity index (χ4v) is 2.36. The summed E-state index contributed by atoms with van der Waals surface area (Å²) in [4.78, 5) is 2.60. The van der Waals surface area contributed by atoms with E-state index < -0.39 is 0 Å². The molecule has 2 aliphatic heterocycles. The second kappa shape index (κ2) is 4.40. The van der Waals surface area contributed by atoms with Crippen LogP contribution < -0.4 is 5.32 Å². The third-order valence-electron chi connectivity index (χ3n) is 3.36. The maximum Gasteiger partial charge on any atom is 0.0622 e. The van der Waals surface area contributed by atoms with Crippen LogP contribution in [-0.2, 0) is 4.74 Å². The first-order valence-electron chi connectivity index (χ1n) is 5.39. The van der Waals surface area contributed by atoms with Crippen LogP contribution in [0.3, 0.4) is 0 Å². The summed E-state index contributed by atoms with van der Waals surface area (Å²) >= 11 is 0. The first-order chi connectivity index (χ1) is 6.40. The second-order valence-electron chi connectivity index (χ2n) is 4.12. The van der Waals surface area contributed by atoms with Crippen molar-refractivity contribution in [2.75, 3.05) is 33.4 Å². The highest BCUT2D eigenvalue weighted by Gasteiger charge is 2.26. The minimum absolute atomic E-state index is 0.720. The van der Waals surface area contributed by atoms with Gasteiger partial charge in [0.05, 0.1) is 6.61 Å². The van der Waals surface area contributed by atoms with Crippen molar-refractivity contribution in [3.63, 3.8) is 0 Å². The van der Waals surface area contributed by atoms with Gasteiger partial charge in [-0.1, -0.05) is 0 Å². The Bertz CT molecular complexity index is 149. The van der Waals surface area contributed by atoms with Crippen LogP contribution in [0.5, 0.6) is 0 Å². The molecule has 0 bridgehead atoms. The molecule has 2 saturated heterocycles. The monoisotopic (exact) mass is 184 g/mol. The molecule has 0 aromatic heterocycles. The van der Waals surface area contributed by atoms with E-state index in [0.29, 0.717) is 0 Å². The van der Waals surface area contributed by atoms with Gasteiger partial charge in [0.25, 0.3) is 0 Å². The number of piperidine rings is 1. The first kappa shape index (κ1) is 9.44. The molecule has 0 spiro atoms. The van der Waals surface area contributed by atoms with Crippen molar-refractivity contribution in [3.8, 4) is 0 Å². The molecule has 1 N–H and O–H groups in total. The van der Waals surface area contributed by atoms with E-state index in [1.165, 1.54) is 32.4 Å². The van der Waals surface area contributed by atoms with E-state index in [1.807, 2.05) is 0 Å². The number of likely N-dealkylation sites (tertiary alicyclic amines) is 1. The number of rotatable bonds is 2. The van der Waals surface area contributed by atoms with E-state index in [0.717, 1.165) is 25.3 Å². The lowest BCUT2D eigenvalue weighted by atomic mass is 10.0.